The highest BCUT2D eigenvalue weighted by molar-refractivity contribution is 7.14. The molecule has 2 heterocycles. The fourth-order valence-corrected chi connectivity index (χ4v) is 4.33. The Bertz CT molecular complexity index is 1470. The smallest absolute Gasteiger partial charge is 0.273 e. The van der Waals surface area contributed by atoms with Gasteiger partial charge in [0.25, 0.3) is 11.1 Å². The molecule has 0 radical (unpaired) electrons. The lowest BCUT2D eigenvalue weighted by atomic mass is 10.1. The van der Waals surface area contributed by atoms with Crippen molar-refractivity contribution in [3.05, 3.63) is 80.2 Å². The third-order valence-corrected chi connectivity index (χ3v) is 6.08. The van der Waals surface area contributed by atoms with E-state index in [0.29, 0.717) is 21.6 Å². The molecule has 34 heavy (non-hydrogen) atoms. The van der Waals surface area contributed by atoms with Gasteiger partial charge in [-0.2, -0.15) is 0 Å². The SMILES string of the molecule is CC(=O)NC(C)c1ccc(-c2csc(NC(=O)CCn3[nH]c(=O)c4ccccc4c3=O)n2)cc1. The van der Waals surface area contributed by atoms with E-state index in [1.54, 1.807) is 24.3 Å². The van der Waals surface area contributed by atoms with Gasteiger partial charge in [-0.3, -0.25) is 24.3 Å². The third-order valence-electron chi connectivity index (χ3n) is 5.32. The van der Waals surface area contributed by atoms with Crippen molar-refractivity contribution in [2.24, 2.45) is 0 Å². The molecular weight excluding hydrogens is 454 g/mol. The van der Waals surface area contributed by atoms with E-state index in [1.807, 2.05) is 36.6 Å². The fraction of sp³-hybridized carbons (Fsp3) is 0.208. The summed E-state index contributed by atoms with van der Waals surface area (Å²) in [5, 5.41) is 11.0. The Morgan fingerprint density at radius 1 is 1.09 bits per heavy atom. The molecule has 0 aliphatic carbocycles. The number of carbonyl (C=O) groups is 2. The summed E-state index contributed by atoms with van der Waals surface area (Å²) in [4.78, 5) is 52.9. The lowest BCUT2D eigenvalue weighted by molar-refractivity contribution is -0.119. The number of aryl methyl sites for hydroxylation is 1. The maximum Gasteiger partial charge on any atom is 0.273 e. The number of rotatable bonds is 7. The molecular formula is C24H23N5O4S. The lowest BCUT2D eigenvalue weighted by Gasteiger charge is -2.13. The number of aromatic nitrogens is 3. The van der Waals surface area contributed by atoms with Gasteiger partial charge in [0.05, 0.1) is 29.1 Å². The maximum atomic E-state index is 12.6. The number of nitrogens with one attached hydrogen (secondary N) is 3. The highest BCUT2D eigenvalue weighted by Gasteiger charge is 2.12. The minimum absolute atomic E-state index is 0.00116. The van der Waals surface area contributed by atoms with Gasteiger partial charge in [0.1, 0.15) is 0 Å². The van der Waals surface area contributed by atoms with E-state index in [2.05, 4.69) is 20.7 Å². The molecule has 1 atom stereocenters. The number of hydrogen-bond donors (Lipinski definition) is 3. The first-order chi connectivity index (χ1) is 16.3. The number of benzene rings is 2. The van der Waals surface area contributed by atoms with Crippen molar-refractivity contribution < 1.29 is 9.59 Å². The summed E-state index contributed by atoms with van der Waals surface area (Å²) in [5.74, 6) is -0.408. The summed E-state index contributed by atoms with van der Waals surface area (Å²) < 4.78 is 1.15. The normalized spacial score (nSPS) is 11.8. The van der Waals surface area contributed by atoms with Crippen LogP contribution < -0.4 is 21.8 Å². The van der Waals surface area contributed by atoms with Crippen LogP contribution in [0.3, 0.4) is 0 Å². The molecule has 174 valence electrons. The van der Waals surface area contributed by atoms with Crippen molar-refractivity contribution in [2.45, 2.75) is 32.9 Å². The molecule has 1 unspecified atom stereocenters. The molecule has 9 nitrogen and oxygen atoms in total. The van der Waals surface area contributed by atoms with E-state index >= 15 is 0 Å². The van der Waals surface area contributed by atoms with E-state index in [9.17, 15) is 19.2 Å². The first kappa shape index (κ1) is 23.1. The van der Waals surface area contributed by atoms with E-state index < -0.39 is 0 Å². The van der Waals surface area contributed by atoms with Crippen LogP contribution in [0.2, 0.25) is 0 Å². The topological polar surface area (TPSA) is 126 Å². The molecule has 0 aliphatic rings. The Hall–Kier alpha value is -4.05. The van der Waals surface area contributed by atoms with Crippen molar-refractivity contribution >= 4 is 39.1 Å². The van der Waals surface area contributed by atoms with Gasteiger partial charge >= 0.3 is 0 Å². The highest BCUT2D eigenvalue weighted by Crippen LogP contribution is 2.26. The molecule has 4 aromatic rings. The van der Waals surface area contributed by atoms with Gasteiger partial charge in [-0.25, -0.2) is 9.67 Å². The second-order valence-corrected chi connectivity index (χ2v) is 8.68. The number of aromatic amines is 1. The molecule has 3 N–H and O–H groups in total. The molecule has 0 bridgehead atoms. The summed E-state index contributed by atoms with van der Waals surface area (Å²) in [5.41, 5.74) is 1.85. The van der Waals surface area contributed by atoms with E-state index in [-0.39, 0.29) is 41.9 Å². The predicted octanol–water partition coefficient (Wildman–Crippen LogP) is 3.04. The number of amides is 2. The molecule has 2 amide bonds. The maximum absolute atomic E-state index is 12.6. The van der Waals surface area contributed by atoms with Gasteiger partial charge in [-0.05, 0) is 24.6 Å². The highest BCUT2D eigenvalue weighted by atomic mass is 32.1. The second-order valence-electron chi connectivity index (χ2n) is 7.82. The quantitative estimate of drug-likeness (QED) is 0.377. The molecule has 2 aromatic carbocycles. The molecule has 0 fully saturated rings. The first-order valence-electron chi connectivity index (χ1n) is 10.7. The van der Waals surface area contributed by atoms with E-state index in [1.165, 1.54) is 18.3 Å². The summed E-state index contributed by atoms with van der Waals surface area (Å²) in [6, 6.07) is 14.1. The van der Waals surface area contributed by atoms with Crippen LogP contribution in [0.5, 0.6) is 0 Å². The van der Waals surface area contributed by atoms with Crippen molar-refractivity contribution in [3.8, 4) is 11.3 Å². The van der Waals surface area contributed by atoms with E-state index in [0.717, 1.165) is 15.8 Å². The largest absolute Gasteiger partial charge is 0.350 e. The molecule has 4 rings (SSSR count). The zero-order chi connectivity index (χ0) is 24.2. The van der Waals surface area contributed by atoms with Gasteiger partial charge in [0.15, 0.2) is 5.13 Å². The fourth-order valence-electron chi connectivity index (χ4n) is 3.59. The minimum Gasteiger partial charge on any atom is -0.350 e. The predicted molar refractivity (Wildman–Crippen MR) is 132 cm³/mol. The number of hydrogen-bond acceptors (Lipinski definition) is 6. The summed E-state index contributed by atoms with van der Waals surface area (Å²) in [7, 11) is 0. The first-order valence-corrected chi connectivity index (χ1v) is 11.5. The average molecular weight is 478 g/mol. The van der Waals surface area contributed by atoms with Gasteiger partial charge in [0.2, 0.25) is 11.8 Å². The zero-order valence-electron chi connectivity index (χ0n) is 18.6. The third kappa shape index (κ3) is 5.12. The Morgan fingerprint density at radius 3 is 2.50 bits per heavy atom. The standard InChI is InChI=1S/C24H23N5O4S/c1-14(25-15(2)30)16-7-9-17(10-8-16)20-13-34-24(26-20)27-21(31)11-12-29-23(33)19-6-4-3-5-18(19)22(32)28-29/h3-10,13-14H,11-12H2,1-2H3,(H,25,30)(H,28,32)(H,26,27,31). The number of fused-ring (bicyclic) bond motifs is 1. The van der Waals surface area contributed by atoms with Crippen LogP contribution in [0.25, 0.3) is 22.0 Å². The van der Waals surface area contributed by atoms with Crippen molar-refractivity contribution in [1.82, 2.24) is 20.1 Å². The van der Waals surface area contributed by atoms with Crippen LogP contribution in [-0.4, -0.2) is 26.6 Å². The summed E-state index contributed by atoms with van der Waals surface area (Å²) in [6.07, 6.45) is -0.00116. The second kappa shape index (κ2) is 9.84. The molecule has 2 aromatic heterocycles. The molecule has 0 saturated carbocycles. The Kier molecular flexibility index (Phi) is 6.69. The molecule has 0 aliphatic heterocycles. The van der Waals surface area contributed by atoms with Crippen LogP contribution in [0.15, 0.2) is 63.5 Å². The Balaban J connectivity index is 1.39. The minimum atomic E-state index is -0.377. The number of H-pyrrole nitrogens is 1. The number of anilines is 1. The van der Waals surface area contributed by atoms with Crippen LogP contribution in [0.1, 0.15) is 31.9 Å². The zero-order valence-corrected chi connectivity index (χ0v) is 19.4. The van der Waals surface area contributed by atoms with E-state index in [4.69, 9.17) is 0 Å². The number of thiazole rings is 1. The van der Waals surface area contributed by atoms with Crippen molar-refractivity contribution in [1.29, 1.82) is 0 Å². The Morgan fingerprint density at radius 2 is 1.79 bits per heavy atom. The van der Waals surface area contributed by atoms with Crippen LogP contribution in [-0.2, 0) is 16.1 Å². The lowest BCUT2D eigenvalue weighted by Crippen LogP contribution is -2.31. The molecule has 0 spiro atoms. The number of carbonyl (C=O) groups excluding carboxylic acids is 2. The van der Waals surface area contributed by atoms with Gasteiger partial charge in [-0.1, -0.05) is 36.4 Å². The van der Waals surface area contributed by atoms with Crippen LogP contribution in [0, 0.1) is 0 Å². The van der Waals surface area contributed by atoms with Crippen LogP contribution >= 0.6 is 11.3 Å². The number of nitrogens with zero attached hydrogens (tertiary/aromatic N) is 2. The van der Waals surface area contributed by atoms with Crippen molar-refractivity contribution in [3.63, 3.8) is 0 Å². The monoisotopic (exact) mass is 477 g/mol. The van der Waals surface area contributed by atoms with Crippen LogP contribution in [0.4, 0.5) is 5.13 Å². The van der Waals surface area contributed by atoms with Crippen molar-refractivity contribution in [2.75, 3.05) is 5.32 Å². The average Bonchev–Trinajstić information content (AvgIpc) is 3.28. The van der Waals surface area contributed by atoms with Gasteiger partial charge < -0.3 is 10.6 Å². The summed E-state index contributed by atoms with van der Waals surface area (Å²) in [6.45, 7) is 3.43. The summed E-state index contributed by atoms with van der Waals surface area (Å²) >= 11 is 1.29. The molecule has 10 heteroatoms. The molecule has 0 saturated heterocycles. The van der Waals surface area contributed by atoms with Gasteiger partial charge in [-0.15, -0.1) is 11.3 Å². The van der Waals surface area contributed by atoms with Gasteiger partial charge in [0, 0.05) is 24.3 Å². The Labute approximate surface area is 198 Å².